The first-order valence-electron chi connectivity index (χ1n) is 8.32. The van der Waals surface area contributed by atoms with E-state index in [0.717, 1.165) is 5.56 Å². The molecular weight excluding hydrogens is 346 g/mol. The van der Waals surface area contributed by atoms with Crippen LogP contribution in [0.2, 0.25) is 0 Å². The van der Waals surface area contributed by atoms with Crippen LogP contribution in [-0.4, -0.2) is 41.0 Å². The smallest absolute Gasteiger partial charge is 0.289 e. The molecule has 0 radical (unpaired) electrons. The maximum Gasteiger partial charge on any atom is 0.289 e. The van der Waals surface area contributed by atoms with Crippen molar-refractivity contribution in [2.75, 3.05) is 13.7 Å². The maximum atomic E-state index is 12.2. The highest BCUT2D eigenvalue weighted by molar-refractivity contribution is 5.94. The highest BCUT2D eigenvalue weighted by atomic mass is 16.5. The van der Waals surface area contributed by atoms with Crippen LogP contribution in [0, 0.1) is 0 Å². The Balaban J connectivity index is 1.70. The van der Waals surface area contributed by atoms with Gasteiger partial charge in [-0.05, 0) is 43.3 Å². The van der Waals surface area contributed by atoms with Crippen LogP contribution in [0.3, 0.4) is 0 Å². The molecule has 2 N–H and O–H groups in total. The number of nitrogens with zero attached hydrogens (tertiary/aromatic N) is 3. The molecule has 0 saturated carbocycles. The Kier molecular flexibility index (Phi) is 5.78. The van der Waals surface area contributed by atoms with Gasteiger partial charge in [-0.25, -0.2) is 5.43 Å². The Morgan fingerprint density at radius 1 is 1.26 bits per heavy atom. The average molecular weight is 365 g/mol. The molecule has 138 valence electrons. The summed E-state index contributed by atoms with van der Waals surface area (Å²) in [6.45, 7) is 2.45. The van der Waals surface area contributed by atoms with Gasteiger partial charge in [-0.3, -0.25) is 14.9 Å². The van der Waals surface area contributed by atoms with Gasteiger partial charge in [0.15, 0.2) is 11.5 Å². The van der Waals surface area contributed by atoms with E-state index in [9.17, 15) is 4.79 Å². The number of carbonyl (C=O) groups excluding carboxylic acids is 1. The zero-order valence-electron chi connectivity index (χ0n) is 15.0. The Labute approximate surface area is 156 Å². The van der Waals surface area contributed by atoms with Gasteiger partial charge in [-0.1, -0.05) is 6.07 Å². The molecule has 0 aliphatic heterocycles. The number of rotatable bonds is 7. The van der Waals surface area contributed by atoms with Crippen molar-refractivity contribution in [3.8, 4) is 22.8 Å². The lowest BCUT2D eigenvalue weighted by Crippen LogP contribution is -2.18. The van der Waals surface area contributed by atoms with Gasteiger partial charge >= 0.3 is 0 Å². The number of amides is 1. The summed E-state index contributed by atoms with van der Waals surface area (Å²) in [6.07, 6.45) is 3.11. The van der Waals surface area contributed by atoms with Crippen molar-refractivity contribution in [3.63, 3.8) is 0 Å². The predicted octanol–water partition coefficient (Wildman–Crippen LogP) is 2.64. The number of H-pyrrole nitrogens is 1. The number of hydrogen-bond donors (Lipinski definition) is 2. The van der Waals surface area contributed by atoms with E-state index in [4.69, 9.17) is 9.47 Å². The van der Waals surface area contributed by atoms with E-state index >= 15 is 0 Å². The second-order valence-corrected chi connectivity index (χ2v) is 5.42. The van der Waals surface area contributed by atoms with Crippen molar-refractivity contribution >= 4 is 12.1 Å². The van der Waals surface area contributed by atoms with Crippen molar-refractivity contribution in [2.24, 2.45) is 5.10 Å². The van der Waals surface area contributed by atoms with Crippen LogP contribution >= 0.6 is 0 Å². The summed E-state index contributed by atoms with van der Waals surface area (Å²) in [7, 11) is 1.57. The monoisotopic (exact) mass is 365 g/mol. The van der Waals surface area contributed by atoms with Gasteiger partial charge in [0.05, 0.1) is 31.3 Å². The number of hydrazone groups is 1. The fourth-order valence-electron chi connectivity index (χ4n) is 2.36. The molecule has 0 atom stereocenters. The van der Waals surface area contributed by atoms with Gasteiger partial charge in [0.1, 0.15) is 5.69 Å². The molecule has 0 saturated heterocycles. The summed E-state index contributed by atoms with van der Waals surface area (Å²) in [5.41, 5.74) is 4.77. The Hall–Kier alpha value is -3.68. The molecule has 1 aromatic carbocycles. The van der Waals surface area contributed by atoms with Gasteiger partial charge in [-0.15, -0.1) is 0 Å². The van der Waals surface area contributed by atoms with E-state index in [1.54, 1.807) is 31.5 Å². The fraction of sp³-hybridized carbons (Fsp3) is 0.158. The van der Waals surface area contributed by atoms with E-state index in [-0.39, 0.29) is 5.69 Å². The van der Waals surface area contributed by atoms with Crippen LogP contribution < -0.4 is 14.9 Å². The summed E-state index contributed by atoms with van der Waals surface area (Å²) >= 11 is 0. The molecule has 0 aliphatic carbocycles. The summed E-state index contributed by atoms with van der Waals surface area (Å²) in [5.74, 6) is 0.850. The molecule has 0 unspecified atom stereocenters. The summed E-state index contributed by atoms with van der Waals surface area (Å²) < 4.78 is 10.8. The topological polar surface area (TPSA) is 101 Å². The minimum Gasteiger partial charge on any atom is -0.493 e. The number of ether oxygens (including phenoxy) is 2. The van der Waals surface area contributed by atoms with E-state index < -0.39 is 5.91 Å². The summed E-state index contributed by atoms with van der Waals surface area (Å²) in [6, 6.07) is 12.5. The number of aromatic amines is 1. The highest BCUT2D eigenvalue weighted by Crippen LogP contribution is 2.32. The Bertz CT molecular complexity index is 938. The van der Waals surface area contributed by atoms with Crippen LogP contribution in [0.5, 0.6) is 11.5 Å². The molecule has 0 fully saturated rings. The number of nitrogens with one attached hydrogen (secondary N) is 2. The second kappa shape index (κ2) is 8.61. The Morgan fingerprint density at radius 2 is 2.15 bits per heavy atom. The largest absolute Gasteiger partial charge is 0.493 e. The number of pyridine rings is 1. The van der Waals surface area contributed by atoms with Crippen LogP contribution in [0.1, 0.15) is 23.1 Å². The lowest BCUT2D eigenvalue weighted by Gasteiger charge is -2.09. The van der Waals surface area contributed by atoms with E-state index in [2.05, 4.69) is 25.7 Å². The van der Waals surface area contributed by atoms with Crippen LogP contribution in [0.15, 0.2) is 53.8 Å². The fourth-order valence-corrected chi connectivity index (χ4v) is 2.36. The maximum absolute atomic E-state index is 12.2. The number of benzene rings is 1. The minimum absolute atomic E-state index is 0.288. The van der Waals surface area contributed by atoms with Crippen molar-refractivity contribution in [3.05, 3.63) is 60.0 Å². The first kappa shape index (κ1) is 18.1. The molecule has 8 nitrogen and oxygen atoms in total. The predicted molar refractivity (Wildman–Crippen MR) is 101 cm³/mol. The van der Waals surface area contributed by atoms with E-state index in [0.29, 0.717) is 29.5 Å². The van der Waals surface area contributed by atoms with Crippen molar-refractivity contribution in [1.29, 1.82) is 0 Å². The van der Waals surface area contributed by atoms with E-state index in [1.165, 1.54) is 6.21 Å². The van der Waals surface area contributed by atoms with Crippen LogP contribution in [0.4, 0.5) is 0 Å². The zero-order chi connectivity index (χ0) is 19.1. The molecule has 2 aromatic heterocycles. The summed E-state index contributed by atoms with van der Waals surface area (Å²) in [4.78, 5) is 16.3. The quantitative estimate of drug-likeness (QED) is 0.495. The number of methoxy groups -OCH3 is 1. The first-order chi connectivity index (χ1) is 13.2. The number of hydrogen-bond acceptors (Lipinski definition) is 6. The highest BCUT2D eigenvalue weighted by Gasteiger charge is 2.13. The summed E-state index contributed by atoms with van der Waals surface area (Å²) in [5, 5.41) is 10.8. The normalized spacial score (nSPS) is 10.7. The van der Waals surface area contributed by atoms with Crippen molar-refractivity contribution in [2.45, 2.75) is 6.92 Å². The molecule has 8 heteroatoms. The average Bonchev–Trinajstić information content (AvgIpc) is 3.19. The second-order valence-electron chi connectivity index (χ2n) is 5.42. The molecule has 0 aliphatic rings. The third kappa shape index (κ3) is 4.49. The SMILES string of the molecule is CCOc1ccc(-c2cc(C(=O)NN=Cc3ccccn3)[nH]n2)cc1OC. The van der Waals surface area contributed by atoms with Gasteiger partial charge < -0.3 is 9.47 Å². The van der Waals surface area contributed by atoms with Crippen molar-refractivity contribution in [1.82, 2.24) is 20.6 Å². The molecular formula is C19H19N5O3. The van der Waals surface area contributed by atoms with E-state index in [1.807, 2.05) is 31.2 Å². The first-order valence-corrected chi connectivity index (χ1v) is 8.32. The number of carbonyl (C=O) groups is 1. The molecule has 3 aromatic rings. The van der Waals surface area contributed by atoms with Gasteiger partial charge in [0.2, 0.25) is 0 Å². The third-order valence-corrected chi connectivity index (χ3v) is 3.63. The van der Waals surface area contributed by atoms with Gasteiger partial charge in [0.25, 0.3) is 5.91 Å². The molecule has 2 heterocycles. The molecule has 3 rings (SSSR count). The Morgan fingerprint density at radius 3 is 2.89 bits per heavy atom. The standard InChI is InChI=1S/C19H19N5O3/c1-3-27-17-8-7-13(10-18(17)26-2)15-11-16(23-22-15)19(25)24-21-12-14-6-4-5-9-20-14/h4-12H,3H2,1-2H3,(H,22,23)(H,24,25). The third-order valence-electron chi connectivity index (χ3n) is 3.63. The molecule has 1 amide bonds. The van der Waals surface area contributed by atoms with Gasteiger partial charge in [-0.2, -0.15) is 10.2 Å². The lowest BCUT2D eigenvalue weighted by molar-refractivity contribution is 0.0950. The molecule has 0 spiro atoms. The van der Waals surface area contributed by atoms with Crippen molar-refractivity contribution < 1.29 is 14.3 Å². The number of aromatic nitrogens is 3. The zero-order valence-corrected chi connectivity index (χ0v) is 15.0. The van der Waals surface area contributed by atoms with Crippen LogP contribution in [0.25, 0.3) is 11.3 Å². The lowest BCUT2D eigenvalue weighted by atomic mass is 10.1. The molecule has 0 bridgehead atoms. The van der Waals surface area contributed by atoms with Crippen LogP contribution in [-0.2, 0) is 0 Å². The van der Waals surface area contributed by atoms with Gasteiger partial charge in [0, 0.05) is 11.8 Å². The molecule has 27 heavy (non-hydrogen) atoms. The minimum atomic E-state index is -0.404.